The van der Waals surface area contributed by atoms with Crippen LogP contribution in [0.3, 0.4) is 0 Å². The summed E-state index contributed by atoms with van der Waals surface area (Å²) < 4.78 is 0. The van der Waals surface area contributed by atoms with Crippen molar-refractivity contribution >= 4 is 6.08 Å². The second-order valence-corrected chi connectivity index (χ2v) is 5.99. The van der Waals surface area contributed by atoms with Crippen molar-refractivity contribution in [3.05, 3.63) is 28.8 Å². The van der Waals surface area contributed by atoms with E-state index in [0.29, 0.717) is 11.7 Å². The molecule has 0 aromatic heterocycles. The second kappa shape index (κ2) is 5.80. The van der Waals surface area contributed by atoms with Crippen molar-refractivity contribution in [1.29, 1.82) is 0 Å². The molecule has 0 aliphatic heterocycles. The number of rotatable bonds is 4. The molecular formula is C17H23NO2. The van der Waals surface area contributed by atoms with Gasteiger partial charge in [-0.15, -0.1) is 0 Å². The maximum Gasteiger partial charge on any atom is 0.235 e. The van der Waals surface area contributed by atoms with Gasteiger partial charge in [0, 0.05) is 5.56 Å². The fourth-order valence-electron chi connectivity index (χ4n) is 3.37. The van der Waals surface area contributed by atoms with Crippen LogP contribution >= 0.6 is 0 Å². The molecule has 2 rings (SSSR count). The summed E-state index contributed by atoms with van der Waals surface area (Å²) in [7, 11) is 0. The van der Waals surface area contributed by atoms with Crippen LogP contribution in [0.4, 0.5) is 0 Å². The Balaban J connectivity index is 2.71. The molecule has 1 aliphatic rings. The van der Waals surface area contributed by atoms with Gasteiger partial charge >= 0.3 is 0 Å². The minimum absolute atomic E-state index is 0.293. The molecule has 0 radical (unpaired) electrons. The maximum atomic E-state index is 10.9. The molecule has 1 aromatic rings. The quantitative estimate of drug-likeness (QED) is 0.660. The van der Waals surface area contributed by atoms with Crippen molar-refractivity contribution in [2.45, 2.75) is 64.3 Å². The van der Waals surface area contributed by atoms with Gasteiger partial charge in [0.15, 0.2) is 0 Å². The van der Waals surface area contributed by atoms with Crippen molar-refractivity contribution in [3.63, 3.8) is 0 Å². The standard InChI is InChI=1S/C17H23NO2/c1-4-13-7-8-14(12(2)3)15(16(13)20)17(18-11-19)9-5-6-10-17/h7-8,12,20H,4-6,9-10H2,1-3H3. The lowest BCUT2D eigenvalue weighted by Crippen LogP contribution is -2.22. The summed E-state index contributed by atoms with van der Waals surface area (Å²) in [5.41, 5.74) is 2.33. The zero-order valence-electron chi connectivity index (χ0n) is 12.6. The number of aryl methyl sites for hydroxylation is 1. The van der Waals surface area contributed by atoms with Gasteiger partial charge in [0.05, 0.1) is 0 Å². The van der Waals surface area contributed by atoms with E-state index in [4.69, 9.17) is 0 Å². The Morgan fingerprint density at radius 1 is 1.35 bits per heavy atom. The smallest absolute Gasteiger partial charge is 0.235 e. The molecule has 0 atom stereocenters. The van der Waals surface area contributed by atoms with E-state index in [2.05, 4.69) is 24.9 Å². The van der Waals surface area contributed by atoms with E-state index in [0.717, 1.165) is 48.8 Å². The fraction of sp³-hybridized carbons (Fsp3) is 0.588. The van der Waals surface area contributed by atoms with E-state index >= 15 is 0 Å². The highest BCUT2D eigenvalue weighted by atomic mass is 16.3. The lowest BCUT2D eigenvalue weighted by Gasteiger charge is -2.29. The molecule has 1 aliphatic carbocycles. The van der Waals surface area contributed by atoms with Gasteiger partial charge in [-0.3, -0.25) is 0 Å². The van der Waals surface area contributed by atoms with Crippen LogP contribution in [0.1, 0.15) is 69.1 Å². The number of phenolic OH excluding ortho intramolecular Hbond substituents is 1. The molecule has 0 unspecified atom stereocenters. The first-order valence-corrected chi connectivity index (χ1v) is 7.50. The molecule has 1 fully saturated rings. The van der Waals surface area contributed by atoms with Crippen LogP contribution in [0.5, 0.6) is 5.75 Å². The van der Waals surface area contributed by atoms with Crippen LogP contribution in [-0.2, 0) is 16.8 Å². The Hall–Kier alpha value is -1.60. The summed E-state index contributed by atoms with van der Waals surface area (Å²) in [6.07, 6.45) is 6.24. The molecule has 0 bridgehead atoms. The van der Waals surface area contributed by atoms with Gasteiger partial charge in [-0.2, -0.15) is 4.99 Å². The summed E-state index contributed by atoms with van der Waals surface area (Å²) in [4.78, 5) is 15.1. The minimum atomic E-state index is -0.559. The van der Waals surface area contributed by atoms with Gasteiger partial charge in [-0.1, -0.05) is 45.7 Å². The Morgan fingerprint density at radius 2 is 2.00 bits per heavy atom. The third-order valence-electron chi connectivity index (χ3n) is 4.45. The first-order valence-electron chi connectivity index (χ1n) is 7.50. The summed E-state index contributed by atoms with van der Waals surface area (Å²) in [5.74, 6) is 0.626. The van der Waals surface area contributed by atoms with Crippen LogP contribution in [0.25, 0.3) is 0 Å². The first kappa shape index (κ1) is 14.8. The van der Waals surface area contributed by atoms with E-state index in [-0.39, 0.29) is 0 Å². The topological polar surface area (TPSA) is 49.7 Å². The van der Waals surface area contributed by atoms with Crippen molar-refractivity contribution in [2.24, 2.45) is 4.99 Å². The highest BCUT2D eigenvalue weighted by Gasteiger charge is 2.40. The molecule has 0 heterocycles. The molecule has 108 valence electrons. The summed E-state index contributed by atoms with van der Waals surface area (Å²) >= 11 is 0. The highest BCUT2D eigenvalue weighted by Crippen LogP contribution is 2.49. The first-order chi connectivity index (χ1) is 9.55. The van der Waals surface area contributed by atoms with Gasteiger partial charge < -0.3 is 5.11 Å². The predicted molar refractivity (Wildman–Crippen MR) is 79.8 cm³/mol. The number of isocyanates is 1. The number of benzene rings is 1. The molecular weight excluding hydrogens is 250 g/mol. The maximum absolute atomic E-state index is 10.9. The second-order valence-electron chi connectivity index (χ2n) is 5.99. The molecule has 0 spiro atoms. The van der Waals surface area contributed by atoms with Gasteiger partial charge in [0.2, 0.25) is 6.08 Å². The number of aromatic hydroxyl groups is 1. The van der Waals surface area contributed by atoms with Gasteiger partial charge in [-0.25, -0.2) is 4.79 Å². The zero-order valence-corrected chi connectivity index (χ0v) is 12.6. The molecule has 1 saturated carbocycles. The molecule has 1 aromatic carbocycles. The monoisotopic (exact) mass is 273 g/mol. The molecule has 0 saturated heterocycles. The van der Waals surface area contributed by atoms with E-state index < -0.39 is 5.54 Å². The van der Waals surface area contributed by atoms with E-state index in [1.165, 1.54) is 0 Å². The minimum Gasteiger partial charge on any atom is -0.507 e. The molecule has 3 nitrogen and oxygen atoms in total. The molecule has 3 heteroatoms. The molecule has 1 N–H and O–H groups in total. The SMILES string of the molecule is CCc1ccc(C(C)C)c(C2(N=C=O)CCCC2)c1O. The number of carbonyl (C=O) groups excluding carboxylic acids is 1. The average molecular weight is 273 g/mol. The Labute approximate surface area is 120 Å². The van der Waals surface area contributed by atoms with Crippen molar-refractivity contribution in [3.8, 4) is 5.75 Å². The third kappa shape index (κ3) is 2.38. The summed E-state index contributed by atoms with van der Waals surface area (Å²) in [6, 6.07) is 4.07. The van der Waals surface area contributed by atoms with Crippen LogP contribution in [0, 0.1) is 0 Å². The van der Waals surface area contributed by atoms with Crippen LogP contribution in [0.15, 0.2) is 17.1 Å². The van der Waals surface area contributed by atoms with Crippen molar-refractivity contribution in [2.75, 3.05) is 0 Å². The van der Waals surface area contributed by atoms with Gasteiger partial charge in [0.1, 0.15) is 11.3 Å². The number of hydrogen-bond acceptors (Lipinski definition) is 3. The van der Waals surface area contributed by atoms with Crippen molar-refractivity contribution < 1.29 is 9.90 Å². The van der Waals surface area contributed by atoms with Gasteiger partial charge in [-0.05, 0) is 36.3 Å². The fourth-order valence-corrected chi connectivity index (χ4v) is 3.37. The predicted octanol–water partition coefficient (Wildman–Crippen LogP) is 4.18. The normalized spacial score (nSPS) is 17.2. The summed E-state index contributed by atoms with van der Waals surface area (Å²) in [6.45, 7) is 6.24. The Kier molecular flexibility index (Phi) is 4.29. The number of aliphatic imine (C=N–C) groups is 1. The lowest BCUT2D eigenvalue weighted by atomic mass is 9.80. The van der Waals surface area contributed by atoms with Crippen LogP contribution in [0.2, 0.25) is 0 Å². The zero-order chi connectivity index (χ0) is 14.8. The Morgan fingerprint density at radius 3 is 2.50 bits per heavy atom. The third-order valence-corrected chi connectivity index (χ3v) is 4.45. The van der Waals surface area contributed by atoms with E-state index in [9.17, 15) is 9.90 Å². The average Bonchev–Trinajstić information content (AvgIpc) is 2.88. The lowest BCUT2D eigenvalue weighted by molar-refractivity contribution is 0.400. The summed E-state index contributed by atoms with van der Waals surface area (Å²) in [5, 5.41) is 10.7. The van der Waals surface area contributed by atoms with Crippen LogP contribution < -0.4 is 0 Å². The molecule has 20 heavy (non-hydrogen) atoms. The van der Waals surface area contributed by atoms with E-state index in [1.54, 1.807) is 6.08 Å². The number of nitrogens with zero attached hydrogens (tertiary/aromatic N) is 1. The Bertz CT molecular complexity index is 536. The number of hydrogen-bond donors (Lipinski definition) is 1. The van der Waals surface area contributed by atoms with Gasteiger partial charge in [0.25, 0.3) is 0 Å². The van der Waals surface area contributed by atoms with Crippen LogP contribution in [-0.4, -0.2) is 11.2 Å². The van der Waals surface area contributed by atoms with E-state index in [1.807, 2.05) is 13.0 Å². The number of phenols is 1. The highest BCUT2D eigenvalue weighted by molar-refractivity contribution is 5.53. The largest absolute Gasteiger partial charge is 0.507 e. The molecule has 0 amide bonds. The van der Waals surface area contributed by atoms with Crippen molar-refractivity contribution in [1.82, 2.24) is 0 Å².